The third-order valence-corrected chi connectivity index (χ3v) is 25.6. The number of nitrogens with zero attached hydrogens (tertiary/aromatic N) is 11. The van der Waals surface area contributed by atoms with E-state index in [1.807, 2.05) is 135 Å². The molecule has 0 aromatic carbocycles. The quantitative estimate of drug-likeness (QED) is 0.0436. The number of rotatable bonds is 19. The Kier molecular flexibility index (Phi) is 30.2. The number of carbonyl (C=O) groups is 3. The van der Waals surface area contributed by atoms with Crippen LogP contribution in [0, 0.1) is 0 Å². The maximum Gasteiger partial charge on any atom is 0.410 e. The molecule has 616 valence electrons. The first-order valence-electron chi connectivity index (χ1n) is 41.2. The summed E-state index contributed by atoms with van der Waals surface area (Å²) >= 11 is 0. The van der Waals surface area contributed by atoms with Gasteiger partial charge in [0.15, 0.2) is 0 Å². The highest BCUT2D eigenvalue weighted by Crippen LogP contribution is 2.39. The van der Waals surface area contributed by atoms with Crippen LogP contribution in [0.5, 0.6) is 0 Å². The summed E-state index contributed by atoms with van der Waals surface area (Å²) in [6, 6.07) is 26.0. The Balaban J connectivity index is 0.000000156. The fourth-order valence-electron chi connectivity index (χ4n) is 14.3. The summed E-state index contributed by atoms with van der Waals surface area (Å²) in [6.07, 6.45) is 33.4. The standard InChI is InChI=1S/C23H37N3O3Si.C23H35N3O3Si.C19H30N2OSi.C17H21N3O2.C7H6N2/c2*1-23(2,3)29-22(27)25-12-9-18(10-13-25)20-16-26(17-28-14-15-30(4,5)6)21-19(20)8-7-11-24-21;1-23(2,3)13-12-22-15-21-14-18(16-8-5-4-6-9-16)17-10-7-11-20-19(17)21;1-17(2,3)22-16(21)20-9-6-12(7-10-20)14-11-19-15-13(14)5-4-8-18-15;1-2-6-3-5-9-7(6)8-4-1/h7-8,11,16,18H,9-10,12-15,17H2,1-6H3;7-9,11,16H,10,12-15,17H2,1-6H3;7,10-11,14,16H,4-6,8-9,12-13,15H2,1-3H3;4-6,8,11H,7,9-10H2,1-3H3,(H,18,19);1-5H,(H,8,9). The van der Waals surface area contributed by atoms with E-state index in [0.717, 1.165) is 115 Å². The minimum atomic E-state index is -1.10. The van der Waals surface area contributed by atoms with Crippen molar-refractivity contribution >= 4 is 109 Å². The van der Waals surface area contributed by atoms with Gasteiger partial charge in [0.2, 0.25) is 0 Å². The minimum Gasteiger partial charge on any atom is -0.444 e. The van der Waals surface area contributed by atoms with Gasteiger partial charge in [0.05, 0.1) is 0 Å². The first-order valence-corrected chi connectivity index (χ1v) is 52.3. The van der Waals surface area contributed by atoms with Gasteiger partial charge in [-0.25, -0.2) is 39.3 Å². The van der Waals surface area contributed by atoms with Crippen molar-refractivity contribution in [2.24, 2.45) is 0 Å². The fourth-order valence-corrected chi connectivity index (χ4v) is 16.5. The maximum absolute atomic E-state index is 12.4. The van der Waals surface area contributed by atoms with Crippen molar-refractivity contribution in [3.8, 4) is 0 Å². The topological polar surface area (TPSA) is 227 Å². The molecule has 2 fully saturated rings. The van der Waals surface area contributed by atoms with E-state index in [2.05, 4.69) is 169 Å². The lowest BCUT2D eigenvalue weighted by molar-refractivity contribution is 0.0202. The number of ether oxygens (including phenoxy) is 6. The molecule has 22 nitrogen and oxygen atoms in total. The number of hydrogen-bond acceptors (Lipinski definition) is 14. The van der Waals surface area contributed by atoms with Crippen LogP contribution in [0.4, 0.5) is 14.4 Å². The summed E-state index contributed by atoms with van der Waals surface area (Å²) in [6.45, 7) is 46.4. The summed E-state index contributed by atoms with van der Waals surface area (Å²) < 4.78 is 40.8. The number of nitrogens with one attached hydrogen (secondary N) is 2. The molecule has 3 aliphatic heterocycles. The largest absolute Gasteiger partial charge is 0.444 e. The van der Waals surface area contributed by atoms with Crippen LogP contribution < -0.4 is 0 Å². The van der Waals surface area contributed by atoms with Crippen LogP contribution in [0.25, 0.3) is 66.3 Å². The van der Waals surface area contributed by atoms with E-state index in [1.165, 1.54) is 82.3 Å². The summed E-state index contributed by atoms with van der Waals surface area (Å²) in [5.41, 5.74) is 11.1. The minimum absolute atomic E-state index is 0.208. The van der Waals surface area contributed by atoms with Crippen LogP contribution in [0.3, 0.4) is 0 Å². The van der Waals surface area contributed by atoms with Gasteiger partial charge in [-0.15, -0.1) is 0 Å². The van der Waals surface area contributed by atoms with E-state index < -0.39 is 41.0 Å². The van der Waals surface area contributed by atoms with Crippen LogP contribution >= 0.6 is 0 Å². The first kappa shape index (κ1) is 87.7. The van der Waals surface area contributed by atoms with E-state index in [4.69, 9.17) is 28.4 Å². The molecule has 1 aliphatic carbocycles. The predicted octanol–water partition coefficient (Wildman–Crippen LogP) is 21.4. The molecule has 3 amide bonds. The molecule has 0 unspecified atom stereocenters. The lowest BCUT2D eigenvalue weighted by atomic mass is 9.84. The first-order chi connectivity index (χ1) is 54.0. The number of pyridine rings is 5. The van der Waals surface area contributed by atoms with Crippen LogP contribution in [0.1, 0.15) is 154 Å². The maximum atomic E-state index is 12.4. The van der Waals surface area contributed by atoms with Gasteiger partial charge in [0.1, 0.15) is 65.2 Å². The molecule has 114 heavy (non-hydrogen) atoms. The number of likely N-dealkylation sites (tertiary alicyclic amines) is 1. The number of aromatic nitrogens is 10. The Hall–Kier alpha value is -8.73. The zero-order chi connectivity index (χ0) is 82.0. The highest BCUT2D eigenvalue weighted by molar-refractivity contribution is 6.76. The molecule has 10 aromatic heterocycles. The molecular weight excluding hydrogens is 1480 g/mol. The lowest BCUT2D eigenvalue weighted by Crippen LogP contribution is -2.41. The van der Waals surface area contributed by atoms with Gasteiger partial charge in [0, 0.05) is 183 Å². The molecule has 1 saturated heterocycles. The third-order valence-electron chi connectivity index (χ3n) is 20.5. The highest BCUT2D eigenvalue weighted by atomic mass is 28.3. The van der Waals surface area contributed by atoms with Gasteiger partial charge >= 0.3 is 18.3 Å². The molecule has 0 bridgehead atoms. The van der Waals surface area contributed by atoms with Gasteiger partial charge in [0.25, 0.3) is 0 Å². The van der Waals surface area contributed by atoms with Gasteiger partial charge in [-0.05, 0) is 220 Å². The second-order valence-electron chi connectivity index (χ2n) is 37.2. The number of aromatic amines is 2. The third kappa shape index (κ3) is 26.4. The molecule has 1 saturated carbocycles. The number of hydrogen-bond donors (Lipinski definition) is 2. The second kappa shape index (κ2) is 39.3. The number of amides is 3. The molecule has 10 aromatic rings. The van der Waals surface area contributed by atoms with Gasteiger partial charge < -0.3 is 66.8 Å². The van der Waals surface area contributed by atoms with Crippen LogP contribution in [0.15, 0.2) is 141 Å². The monoisotopic (exact) mass is 1610 g/mol. The molecule has 2 N–H and O–H groups in total. The van der Waals surface area contributed by atoms with Crippen molar-refractivity contribution in [3.63, 3.8) is 0 Å². The van der Waals surface area contributed by atoms with E-state index in [-0.39, 0.29) is 18.3 Å². The van der Waals surface area contributed by atoms with Crippen molar-refractivity contribution in [2.75, 3.05) is 59.1 Å². The molecule has 14 rings (SSSR count). The number of piperidine rings is 1. The van der Waals surface area contributed by atoms with Gasteiger partial charge in [-0.1, -0.05) is 90.3 Å². The van der Waals surface area contributed by atoms with Crippen LogP contribution in [-0.4, -0.2) is 182 Å². The molecule has 0 spiro atoms. The van der Waals surface area contributed by atoms with Crippen LogP contribution in [-0.2, 0) is 48.6 Å². The average molecular weight is 1610 g/mol. The lowest BCUT2D eigenvalue weighted by Gasteiger charge is -2.33. The Morgan fingerprint density at radius 2 is 0.825 bits per heavy atom. The Morgan fingerprint density at radius 3 is 1.26 bits per heavy atom. The second-order valence-corrected chi connectivity index (χ2v) is 54.1. The zero-order valence-electron chi connectivity index (χ0n) is 71.5. The zero-order valence-corrected chi connectivity index (χ0v) is 74.5. The van der Waals surface area contributed by atoms with E-state index in [0.29, 0.717) is 58.2 Å². The summed E-state index contributed by atoms with van der Waals surface area (Å²) in [5.74, 6) is 1.12. The molecule has 13 heterocycles. The molecule has 0 atom stereocenters. The van der Waals surface area contributed by atoms with Gasteiger partial charge in [-0.2, -0.15) is 0 Å². The van der Waals surface area contributed by atoms with E-state index >= 15 is 0 Å². The smallest absolute Gasteiger partial charge is 0.410 e. The molecule has 25 heteroatoms. The Labute approximate surface area is 679 Å². The number of fused-ring (bicyclic) bond motifs is 5. The number of carbonyl (C=O) groups excluding carboxylic acids is 3. The predicted molar refractivity (Wildman–Crippen MR) is 470 cm³/mol. The van der Waals surface area contributed by atoms with Crippen molar-refractivity contribution in [2.45, 2.75) is 246 Å². The van der Waals surface area contributed by atoms with E-state index in [1.54, 1.807) is 22.2 Å². The molecular formula is C89H129N13O9Si3. The molecule has 0 radical (unpaired) electrons. The van der Waals surface area contributed by atoms with Crippen molar-refractivity contribution in [1.29, 1.82) is 0 Å². The summed E-state index contributed by atoms with van der Waals surface area (Å²) in [4.78, 5) is 70.5. The Bertz CT molecular complexity index is 4800. The van der Waals surface area contributed by atoms with Crippen molar-refractivity contribution in [3.05, 3.63) is 163 Å². The number of H-pyrrole nitrogens is 2. The fraction of sp³-hybridized carbons (Fsp3) is 0.528. The van der Waals surface area contributed by atoms with E-state index in [9.17, 15) is 14.4 Å². The Morgan fingerprint density at radius 1 is 0.430 bits per heavy atom. The summed E-state index contributed by atoms with van der Waals surface area (Å²) in [5, 5.41) is 5.94. The average Bonchev–Trinajstić information content (AvgIpc) is 1.65. The van der Waals surface area contributed by atoms with Crippen molar-refractivity contribution < 1.29 is 42.8 Å². The summed E-state index contributed by atoms with van der Waals surface area (Å²) in [7, 11) is -3.22. The van der Waals surface area contributed by atoms with Crippen LogP contribution in [0.2, 0.25) is 77.1 Å². The van der Waals surface area contributed by atoms with Gasteiger partial charge in [-0.3, -0.25) is 0 Å². The van der Waals surface area contributed by atoms with Crippen molar-refractivity contribution in [1.82, 2.24) is 63.3 Å². The highest BCUT2D eigenvalue weighted by Gasteiger charge is 2.32. The molecule has 4 aliphatic rings. The SMILES string of the molecule is CC(C)(C)OC(=O)N1CC=C(c2c[nH]c3ncccc23)CC1.CC(C)(C)OC(=O)N1CC=C(c2cn(COCC[Si](C)(C)C)c3ncccc23)CC1.CC(C)(C)OC(=O)N1CCC(c2cn(COCC[Si](C)(C)C)c3ncccc23)CC1.C[Si](C)(C)CCOCn1cc(C2CCCCC2)c2cccnc21.c1cnc2[nH]ccc2c1. The normalized spacial score (nSPS) is 15.6.